The molecule has 0 fully saturated rings. The van der Waals surface area contributed by atoms with Gasteiger partial charge in [-0.15, -0.1) is 11.8 Å². The Morgan fingerprint density at radius 3 is 2.95 bits per heavy atom. The average molecular weight is 320 g/mol. The van der Waals surface area contributed by atoms with Gasteiger partial charge in [0.2, 0.25) is 5.91 Å². The SMILES string of the molecule is CC(CC(O)c1ccco1)NC(=O)CSCc1ccccn1. The third kappa shape index (κ3) is 5.54. The van der Waals surface area contributed by atoms with E-state index in [4.69, 9.17) is 4.42 Å². The van der Waals surface area contributed by atoms with Crippen LogP contribution in [-0.4, -0.2) is 27.8 Å². The maximum atomic E-state index is 11.9. The maximum Gasteiger partial charge on any atom is 0.230 e. The number of nitrogens with zero attached hydrogens (tertiary/aromatic N) is 1. The highest BCUT2D eigenvalue weighted by Gasteiger charge is 2.16. The van der Waals surface area contributed by atoms with Gasteiger partial charge < -0.3 is 14.8 Å². The molecule has 0 saturated carbocycles. The highest BCUT2D eigenvalue weighted by Crippen LogP contribution is 2.18. The Labute approximate surface area is 134 Å². The van der Waals surface area contributed by atoms with Gasteiger partial charge in [0, 0.05) is 24.4 Å². The number of aliphatic hydroxyl groups excluding tert-OH is 1. The fourth-order valence-electron chi connectivity index (χ4n) is 2.04. The summed E-state index contributed by atoms with van der Waals surface area (Å²) >= 11 is 1.52. The lowest BCUT2D eigenvalue weighted by Crippen LogP contribution is -2.35. The molecule has 2 aromatic rings. The second-order valence-electron chi connectivity index (χ2n) is 5.05. The molecular formula is C16H20N2O3S. The summed E-state index contributed by atoms with van der Waals surface area (Å²) in [7, 11) is 0. The summed E-state index contributed by atoms with van der Waals surface area (Å²) in [6.07, 6.45) is 2.99. The van der Waals surface area contributed by atoms with Gasteiger partial charge in [-0.25, -0.2) is 0 Å². The number of furan rings is 1. The van der Waals surface area contributed by atoms with E-state index in [2.05, 4.69) is 10.3 Å². The lowest BCUT2D eigenvalue weighted by molar-refractivity contribution is -0.119. The van der Waals surface area contributed by atoms with Crippen molar-refractivity contribution >= 4 is 17.7 Å². The summed E-state index contributed by atoms with van der Waals surface area (Å²) in [6.45, 7) is 1.87. The van der Waals surface area contributed by atoms with Crippen molar-refractivity contribution < 1.29 is 14.3 Å². The van der Waals surface area contributed by atoms with Crippen LogP contribution in [0, 0.1) is 0 Å². The molecule has 0 aromatic carbocycles. The summed E-state index contributed by atoms with van der Waals surface area (Å²) in [5, 5.41) is 12.8. The molecule has 2 rings (SSSR count). The average Bonchev–Trinajstić information content (AvgIpc) is 3.02. The van der Waals surface area contributed by atoms with E-state index >= 15 is 0 Å². The zero-order valence-corrected chi connectivity index (χ0v) is 13.3. The topological polar surface area (TPSA) is 75.4 Å². The summed E-state index contributed by atoms with van der Waals surface area (Å²) in [5.74, 6) is 1.56. The van der Waals surface area contributed by atoms with Gasteiger partial charge in [0.15, 0.2) is 0 Å². The lowest BCUT2D eigenvalue weighted by atomic mass is 10.1. The van der Waals surface area contributed by atoms with Crippen molar-refractivity contribution in [3.8, 4) is 0 Å². The van der Waals surface area contributed by atoms with Crippen molar-refractivity contribution in [3.05, 3.63) is 54.2 Å². The number of nitrogens with one attached hydrogen (secondary N) is 1. The van der Waals surface area contributed by atoms with Crippen molar-refractivity contribution in [2.45, 2.75) is 31.2 Å². The van der Waals surface area contributed by atoms with Gasteiger partial charge in [-0.05, 0) is 31.2 Å². The van der Waals surface area contributed by atoms with E-state index < -0.39 is 6.10 Å². The Morgan fingerprint density at radius 2 is 2.27 bits per heavy atom. The third-order valence-electron chi connectivity index (χ3n) is 3.07. The molecule has 6 heteroatoms. The highest BCUT2D eigenvalue weighted by molar-refractivity contribution is 7.99. The number of carbonyl (C=O) groups is 1. The molecule has 1 amide bonds. The molecule has 2 unspecified atom stereocenters. The zero-order chi connectivity index (χ0) is 15.8. The molecule has 22 heavy (non-hydrogen) atoms. The van der Waals surface area contributed by atoms with Crippen LogP contribution in [-0.2, 0) is 10.5 Å². The molecule has 0 radical (unpaired) electrons. The largest absolute Gasteiger partial charge is 0.467 e. The number of pyridine rings is 1. The first-order valence-electron chi connectivity index (χ1n) is 7.13. The third-order valence-corrected chi connectivity index (χ3v) is 4.03. The van der Waals surface area contributed by atoms with Gasteiger partial charge >= 0.3 is 0 Å². The lowest BCUT2D eigenvalue weighted by Gasteiger charge is -2.16. The van der Waals surface area contributed by atoms with Gasteiger partial charge in [0.1, 0.15) is 11.9 Å². The van der Waals surface area contributed by atoms with E-state index in [1.807, 2.05) is 25.1 Å². The molecule has 2 atom stereocenters. The molecule has 2 N–H and O–H groups in total. The number of thioether (sulfide) groups is 1. The van der Waals surface area contributed by atoms with Crippen LogP contribution in [0.3, 0.4) is 0 Å². The van der Waals surface area contributed by atoms with Crippen LogP contribution in [0.15, 0.2) is 47.2 Å². The van der Waals surface area contributed by atoms with Crippen molar-refractivity contribution in [1.29, 1.82) is 0 Å². The van der Waals surface area contributed by atoms with E-state index in [1.54, 1.807) is 18.3 Å². The van der Waals surface area contributed by atoms with Gasteiger partial charge in [0.05, 0.1) is 17.7 Å². The zero-order valence-electron chi connectivity index (χ0n) is 12.4. The van der Waals surface area contributed by atoms with Crippen LogP contribution < -0.4 is 5.32 Å². The molecule has 0 spiro atoms. The Morgan fingerprint density at radius 1 is 1.41 bits per heavy atom. The normalized spacial score (nSPS) is 13.5. The van der Waals surface area contributed by atoms with E-state index in [-0.39, 0.29) is 11.9 Å². The molecule has 0 aliphatic rings. The molecule has 0 saturated heterocycles. The standard InChI is InChI=1S/C16H20N2O3S/c1-12(9-14(19)15-6-4-8-21-15)18-16(20)11-22-10-13-5-2-3-7-17-13/h2-8,12,14,19H,9-11H2,1H3,(H,18,20). The summed E-state index contributed by atoms with van der Waals surface area (Å²) in [4.78, 5) is 16.1. The summed E-state index contributed by atoms with van der Waals surface area (Å²) < 4.78 is 5.14. The van der Waals surface area contributed by atoms with E-state index in [0.29, 0.717) is 23.7 Å². The monoisotopic (exact) mass is 320 g/mol. The Hall–Kier alpha value is -1.79. The quantitative estimate of drug-likeness (QED) is 0.782. The number of hydrogen-bond acceptors (Lipinski definition) is 5. The number of aromatic nitrogens is 1. The Balaban J connectivity index is 1.66. The first-order chi connectivity index (χ1) is 10.6. The first kappa shape index (κ1) is 16.6. The first-order valence-corrected chi connectivity index (χ1v) is 8.29. The highest BCUT2D eigenvalue weighted by atomic mass is 32.2. The molecule has 0 aliphatic carbocycles. The molecule has 0 aliphatic heterocycles. The van der Waals surface area contributed by atoms with E-state index in [0.717, 1.165) is 5.69 Å². The van der Waals surface area contributed by atoms with Gasteiger partial charge in [-0.3, -0.25) is 9.78 Å². The van der Waals surface area contributed by atoms with Crippen LogP contribution in [0.5, 0.6) is 0 Å². The van der Waals surface area contributed by atoms with E-state index in [1.165, 1.54) is 18.0 Å². The molecule has 5 nitrogen and oxygen atoms in total. The Kier molecular flexibility index (Phi) is 6.48. The van der Waals surface area contributed by atoms with Crippen LogP contribution in [0.1, 0.15) is 30.9 Å². The van der Waals surface area contributed by atoms with Crippen molar-refractivity contribution in [3.63, 3.8) is 0 Å². The fraction of sp³-hybridized carbons (Fsp3) is 0.375. The number of amides is 1. The predicted molar refractivity (Wildman–Crippen MR) is 86.3 cm³/mol. The molecule has 2 heterocycles. The maximum absolute atomic E-state index is 11.9. The second-order valence-corrected chi connectivity index (χ2v) is 6.03. The summed E-state index contributed by atoms with van der Waals surface area (Å²) in [5.41, 5.74) is 0.960. The van der Waals surface area contributed by atoms with Crippen LogP contribution in [0.4, 0.5) is 0 Å². The number of rotatable bonds is 8. The van der Waals surface area contributed by atoms with Crippen molar-refractivity contribution in [2.75, 3.05) is 5.75 Å². The number of hydrogen-bond donors (Lipinski definition) is 2. The molecular weight excluding hydrogens is 300 g/mol. The number of aliphatic hydroxyl groups is 1. The molecule has 2 aromatic heterocycles. The smallest absolute Gasteiger partial charge is 0.230 e. The predicted octanol–water partition coefficient (Wildman–Crippen LogP) is 2.54. The molecule has 118 valence electrons. The minimum absolute atomic E-state index is 0.0416. The van der Waals surface area contributed by atoms with Crippen molar-refractivity contribution in [2.24, 2.45) is 0 Å². The van der Waals surface area contributed by atoms with Gasteiger partial charge in [-0.1, -0.05) is 6.07 Å². The van der Waals surface area contributed by atoms with Crippen molar-refractivity contribution in [1.82, 2.24) is 10.3 Å². The minimum Gasteiger partial charge on any atom is -0.467 e. The number of carbonyl (C=O) groups excluding carboxylic acids is 1. The Bertz CT molecular complexity index is 560. The second kappa shape index (κ2) is 8.60. The molecule has 0 bridgehead atoms. The fourth-order valence-corrected chi connectivity index (χ4v) is 2.79. The van der Waals surface area contributed by atoms with Crippen LogP contribution in [0.2, 0.25) is 0 Å². The van der Waals surface area contributed by atoms with Crippen LogP contribution >= 0.6 is 11.8 Å². The van der Waals surface area contributed by atoms with Crippen LogP contribution in [0.25, 0.3) is 0 Å². The minimum atomic E-state index is -0.702. The van der Waals surface area contributed by atoms with E-state index in [9.17, 15) is 9.90 Å². The summed E-state index contributed by atoms with van der Waals surface area (Å²) in [6, 6.07) is 9.07. The van der Waals surface area contributed by atoms with Gasteiger partial charge in [0.25, 0.3) is 0 Å². The van der Waals surface area contributed by atoms with Gasteiger partial charge in [-0.2, -0.15) is 0 Å².